The summed E-state index contributed by atoms with van der Waals surface area (Å²) in [4.78, 5) is 3.73. The Morgan fingerprint density at radius 2 is 0.744 bits per heavy atom. The molecule has 0 bridgehead atoms. The third kappa shape index (κ3) is 23.2. The largest absolute Gasteiger partial charge is 0.257 e. The van der Waals surface area contributed by atoms with Crippen LogP contribution in [0.2, 0.25) is 0 Å². The summed E-state index contributed by atoms with van der Waals surface area (Å²) in [6, 6.07) is 0.620. The van der Waals surface area contributed by atoms with E-state index < -0.39 is 0 Å². The zero-order valence-corrected chi connectivity index (χ0v) is 30.4. The second-order valence-corrected chi connectivity index (χ2v) is 14.4. The molecule has 2 unspecified atom stereocenters. The van der Waals surface area contributed by atoms with Crippen molar-refractivity contribution in [1.29, 1.82) is 0 Å². The number of hydrogen-bond acceptors (Lipinski definition) is 0. The molecule has 0 aromatic carbocycles. The number of aromatic amines is 1. The van der Waals surface area contributed by atoms with Crippen LogP contribution < -0.4 is 4.57 Å². The Kier molecular flexibility index (Phi) is 29.2. The summed E-state index contributed by atoms with van der Waals surface area (Å²) in [6.07, 6.45) is 50.2. The molecule has 0 aliphatic heterocycles. The van der Waals surface area contributed by atoms with Crippen LogP contribution >= 0.6 is 0 Å². The van der Waals surface area contributed by atoms with E-state index in [1.807, 2.05) is 0 Å². The second-order valence-electron chi connectivity index (χ2n) is 14.4. The van der Waals surface area contributed by atoms with Crippen LogP contribution in [0.15, 0.2) is 12.4 Å². The maximum atomic E-state index is 3.73. The number of unbranched alkanes of at least 4 members (excludes halogenated alkanes) is 26. The van der Waals surface area contributed by atoms with Gasteiger partial charge in [0.25, 0.3) is 5.82 Å². The van der Waals surface area contributed by atoms with E-state index in [1.54, 1.807) is 0 Å². The van der Waals surface area contributed by atoms with Gasteiger partial charge in [-0.05, 0) is 32.6 Å². The van der Waals surface area contributed by atoms with Gasteiger partial charge in [0.1, 0.15) is 12.4 Å². The van der Waals surface area contributed by atoms with Crippen LogP contribution in [0.4, 0.5) is 0 Å². The molecule has 1 aromatic rings. The van der Waals surface area contributed by atoms with Crippen LogP contribution in [0.1, 0.15) is 251 Å². The molecule has 2 nitrogen and oxygen atoms in total. The maximum absolute atomic E-state index is 3.73. The van der Waals surface area contributed by atoms with Gasteiger partial charge in [-0.25, -0.2) is 9.55 Å². The molecule has 0 aliphatic rings. The van der Waals surface area contributed by atoms with Crippen LogP contribution in [-0.2, 0) is 0 Å². The van der Waals surface area contributed by atoms with Gasteiger partial charge in [0.2, 0.25) is 0 Å². The molecule has 1 rings (SSSR count). The minimum atomic E-state index is 0.620. The first-order valence-electron chi connectivity index (χ1n) is 20.3. The standard InChI is InChI=1S/C41H80N2/c1-5-8-11-14-16-18-19-20-21-22-23-24-25-26-28-30-33-36-40(35-32-29-27-17-15-12-9-6-2)41-42-37-38-43(41)39(4)34-31-13-10-7-3/h37-40H,5-36H2,1-4H3/p+1. The predicted molar refractivity (Wildman–Crippen MR) is 193 cm³/mol. The molecule has 254 valence electrons. The van der Waals surface area contributed by atoms with Crippen molar-refractivity contribution in [2.45, 2.75) is 245 Å². The Morgan fingerprint density at radius 3 is 1.12 bits per heavy atom. The molecule has 1 aromatic heterocycles. The molecule has 2 heteroatoms. The SMILES string of the molecule is CCCCCCCCCCCCCCCCCCCC(CCCCCCCCCC)c1[nH]cc[n+]1C(C)CCCCCC. The molecule has 0 saturated heterocycles. The Hall–Kier alpha value is -0.790. The number of nitrogens with one attached hydrogen (secondary N) is 1. The predicted octanol–water partition coefficient (Wildman–Crippen LogP) is 14.5. The van der Waals surface area contributed by atoms with Crippen LogP contribution in [0, 0.1) is 0 Å². The van der Waals surface area contributed by atoms with E-state index in [0.717, 1.165) is 0 Å². The van der Waals surface area contributed by atoms with Crippen LogP contribution in [-0.4, -0.2) is 4.98 Å². The molecule has 0 saturated carbocycles. The van der Waals surface area contributed by atoms with Gasteiger partial charge in [-0.15, -0.1) is 0 Å². The lowest BCUT2D eigenvalue weighted by Crippen LogP contribution is -2.41. The van der Waals surface area contributed by atoms with E-state index in [4.69, 9.17) is 0 Å². The third-order valence-electron chi connectivity index (χ3n) is 10.1. The highest BCUT2D eigenvalue weighted by molar-refractivity contribution is 4.90. The summed E-state index contributed by atoms with van der Waals surface area (Å²) < 4.78 is 2.62. The summed E-state index contributed by atoms with van der Waals surface area (Å²) >= 11 is 0. The fourth-order valence-corrected chi connectivity index (χ4v) is 7.13. The van der Waals surface area contributed by atoms with Gasteiger partial charge in [-0.3, -0.25) is 0 Å². The first kappa shape index (κ1) is 40.2. The van der Waals surface area contributed by atoms with Gasteiger partial charge in [0.05, 0.1) is 12.0 Å². The average Bonchev–Trinajstić information content (AvgIpc) is 3.51. The van der Waals surface area contributed by atoms with Gasteiger partial charge in [-0.2, -0.15) is 0 Å². The van der Waals surface area contributed by atoms with Crippen molar-refractivity contribution in [3.63, 3.8) is 0 Å². The van der Waals surface area contributed by atoms with Crippen molar-refractivity contribution in [2.24, 2.45) is 0 Å². The first-order valence-corrected chi connectivity index (χ1v) is 20.3. The summed E-state index contributed by atoms with van der Waals surface area (Å²) in [5.41, 5.74) is 0. The topological polar surface area (TPSA) is 19.7 Å². The van der Waals surface area contributed by atoms with Gasteiger partial charge in [0.15, 0.2) is 0 Å². The third-order valence-corrected chi connectivity index (χ3v) is 10.1. The van der Waals surface area contributed by atoms with Crippen molar-refractivity contribution >= 4 is 0 Å². The monoisotopic (exact) mass is 602 g/mol. The number of hydrogen-bond donors (Lipinski definition) is 1. The summed E-state index contributed by atoms with van der Waals surface area (Å²) in [5.74, 6) is 2.24. The van der Waals surface area contributed by atoms with Crippen LogP contribution in [0.25, 0.3) is 0 Å². The van der Waals surface area contributed by atoms with Gasteiger partial charge in [-0.1, -0.05) is 201 Å². The zero-order valence-electron chi connectivity index (χ0n) is 30.4. The van der Waals surface area contributed by atoms with Crippen molar-refractivity contribution in [3.05, 3.63) is 18.2 Å². The molecule has 43 heavy (non-hydrogen) atoms. The molecule has 1 heterocycles. The van der Waals surface area contributed by atoms with E-state index in [1.165, 1.54) is 211 Å². The molecule has 0 fully saturated rings. The Morgan fingerprint density at radius 1 is 0.442 bits per heavy atom. The molecule has 1 N–H and O–H groups in total. The van der Waals surface area contributed by atoms with E-state index in [-0.39, 0.29) is 0 Å². The second kappa shape index (κ2) is 31.2. The summed E-state index contributed by atoms with van der Waals surface area (Å²) in [7, 11) is 0. The molecular formula is C41H81N2+. The molecule has 2 atom stereocenters. The molecule has 0 radical (unpaired) electrons. The molecule has 0 aliphatic carbocycles. The molecular weight excluding hydrogens is 520 g/mol. The number of imidazole rings is 1. The highest BCUT2D eigenvalue weighted by Gasteiger charge is 2.25. The minimum absolute atomic E-state index is 0.620. The fourth-order valence-electron chi connectivity index (χ4n) is 7.13. The molecule has 0 spiro atoms. The number of H-pyrrole nitrogens is 1. The lowest BCUT2D eigenvalue weighted by atomic mass is 9.92. The maximum Gasteiger partial charge on any atom is 0.257 e. The van der Waals surface area contributed by atoms with Crippen molar-refractivity contribution in [2.75, 3.05) is 0 Å². The van der Waals surface area contributed by atoms with E-state index in [9.17, 15) is 0 Å². The normalized spacial score (nSPS) is 13.1. The quantitative estimate of drug-likeness (QED) is 0.0599. The summed E-state index contributed by atoms with van der Waals surface area (Å²) in [6.45, 7) is 9.40. The van der Waals surface area contributed by atoms with Crippen LogP contribution in [0.5, 0.6) is 0 Å². The number of aromatic nitrogens is 2. The lowest BCUT2D eigenvalue weighted by Gasteiger charge is -2.17. The zero-order chi connectivity index (χ0) is 31.1. The van der Waals surface area contributed by atoms with Crippen molar-refractivity contribution in [1.82, 2.24) is 4.98 Å². The first-order chi connectivity index (χ1) is 21.2. The van der Waals surface area contributed by atoms with E-state index in [0.29, 0.717) is 12.0 Å². The van der Waals surface area contributed by atoms with Gasteiger partial charge < -0.3 is 0 Å². The Balaban J connectivity index is 2.27. The van der Waals surface area contributed by atoms with E-state index in [2.05, 4.69) is 49.6 Å². The Bertz CT molecular complexity index is 664. The van der Waals surface area contributed by atoms with Gasteiger partial charge >= 0.3 is 0 Å². The molecule has 0 amide bonds. The number of rotatable bonds is 34. The van der Waals surface area contributed by atoms with Crippen LogP contribution in [0.3, 0.4) is 0 Å². The number of nitrogens with zero attached hydrogens (tertiary/aromatic N) is 1. The lowest BCUT2D eigenvalue weighted by molar-refractivity contribution is -0.727. The highest BCUT2D eigenvalue weighted by atomic mass is 15.1. The van der Waals surface area contributed by atoms with Gasteiger partial charge in [0, 0.05) is 0 Å². The Labute approximate surface area is 272 Å². The smallest absolute Gasteiger partial charge is 0.247 e. The highest BCUT2D eigenvalue weighted by Crippen LogP contribution is 2.27. The fraction of sp³-hybridized carbons (Fsp3) is 0.927. The average molecular weight is 602 g/mol. The minimum Gasteiger partial charge on any atom is -0.247 e. The van der Waals surface area contributed by atoms with Crippen molar-refractivity contribution < 1.29 is 4.57 Å². The van der Waals surface area contributed by atoms with E-state index >= 15 is 0 Å². The summed E-state index contributed by atoms with van der Waals surface area (Å²) in [5, 5.41) is 0. The van der Waals surface area contributed by atoms with Crippen molar-refractivity contribution in [3.8, 4) is 0 Å².